The summed E-state index contributed by atoms with van der Waals surface area (Å²) >= 11 is 0. The van der Waals surface area contributed by atoms with Gasteiger partial charge in [0.1, 0.15) is 0 Å². The fourth-order valence-corrected chi connectivity index (χ4v) is 2.49. The first-order valence-electron chi connectivity index (χ1n) is 6.59. The van der Waals surface area contributed by atoms with E-state index in [4.69, 9.17) is 0 Å². The van der Waals surface area contributed by atoms with Gasteiger partial charge in [0.2, 0.25) is 0 Å². The Kier molecular flexibility index (Phi) is 3.82. The van der Waals surface area contributed by atoms with Crippen LogP contribution in [0.4, 0.5) is 5.69 Å². The Bertz CT molecular complexity index is 382. The highest BCUT2D eigenvalue weighted by Crippen LogP contribution is 2.23. The average Bonchev–Trinajstić information content (AvgIpc) is 2.38. The number of piperidine rings is 1. The van der Waals surface area contributed by atoms with Crippen LogP contribution >= 0.6 is 0 Å². The topological polar surface area (TPSA) is 20.3 Å². The highest BCUT2D eigenvalue weighted by Gasteiger charge is 2.16. The van der Waals surface area contributed by atoms with Gasteiger partial charge < -0.3 is 4.90 Å². The lowest BCUT2D eigenvalue weighted by molar-refractivity contribution is 0.0988. The van der Waals surface area contributed by atoms with Gasteiger partial charge >= 0.3 is 0 Å². The van der Waals surface area contributed by atoms with Crippen LogP contribution in [0, 0.1) is 5.92 Å². The molecule has 1 aliphatic heterocycles. The third-order valence-corrected chi connectivity index (χ3v) is 3.53. The largest absolute Gasteiger partial charge is 0.371 e. The zero-order chi connectivity index (χ0) is 12.3. The Morgan fingerprint density at radius 3 is 2.65 bits per heavy atom. The van der Waals surface area contributed by atoms with Crippen LogP contribution in [0.1, 0.15) is 43.5 Å². The van der Waals surface area contributed by atoms with Gasteiger partial charge in [0.15, 0.2) is 5.78 Å². The van der Waals surface area contributed by atoms with Crippen LogP contribution in [-0.4, -0.2) is 18.9 Å². The van der Waals surface area contributed by atoms with E-state index >= 15 is 0 Å². The van der Waals surface area contributed by atoms with E-state index in [9.17, 15) is 4.79 Å². The van der Waals surface area contributed by atoms with Crippen LogP contribution in [0.3, 0.4) is 0 Å². The molecular formula is C15H21NO. The van der Waals surface area contributed by atoms with Gasteiger partial charge in [-0.05, 0) is 43.0 Å². The zero-order valence-electron chi connectivity index (χ0n) is 10.8. The van der Waals surface area contributed by atoms with Crippen molar-refractivity contribution in [3.63, 3.8) is 0 Å². The maximum atomic E-state index is 11.5. The van der Waals surface area contributed by atoms with Crippen molar-refractivity contribution in [1.82, 2.24) is 0 Å². The molecule has 0 aliphatic carbocycles. The number of carbonyl (C=O) groups excluding carboxylic acids is 1. The minimum atomic E-state index is 0.226. The third kappa shape index (κ3) is 2.87. The molecule has 0 radical (unpaired) electrons. The molecule has 1 atom stereocenters. The normalized spacial score (nSPS) is 20.4. The summed E-state index contributed by atoms with van der Waals surface area (Å²) in [5.74, 6) is 1.00. The van der Waals surface area contributed by atoms with E-state index in [1.807, 2.05) is 19.1 Å². The van der Waals surface area contributed by atoms with Crippen LogP contribution in [0.25, 0.3) is 0 Å². The SMILES string of the molecule is CCC(=O)c1ccc(N2CCC[C@@H](C)C2)cc1. The van der Waals surface area contributed by atoms with Gasteiger partial charge in [-0.25, -0.2) is 0 Å². The van der Waals surface area contributed by atoms with Crippen molar-refractivity contribution in [1.29, 1.82) is 0 Å². The fraction of sp³-hybridized carbons (Fsp3) is 0.533. The summed E-state index contributed by atoms with van der Waals surface area (Å²) in [6, 6.07) is 8.09. The molecule has 0 amide bonds. The molecule has 1 aromatic carbocycles. The van der Waals surface area contributed by atoms with E-state index in [0.29, 0.717) is 6.42 Å². The number of ketones is 1. The second-order valence-electron chi connectivity index (χ2n) is 5.02. The van der Waals surface area contributed by atoms with Crippen molar-refractivity contribution in [2.24, 2.45) is 5.92 Å². The number of carbonyl (C=O) groups is 1. The summed E-state index contributed by atoms with van der Waals surface area (Å²) in [5.41, 5.74) is 2.09. The molecule has 0 N–H and O–H groups in total. The van der Waals surface area contributed by atoms with Crippen molar-refractivity contribution in [2.45, 2.75) is 33.1 Å². The monoisotopic (exact) mass is 231 g/mol. The molecule has 0 unspecified atom stereocenters. The van der Waals surface area contributed by atoms with Gasteiger partial charge in [0.25, 0.3) is 0 Å². The van der Waals surface area contributed by atoms with Gasteiger partial charge in [-0.3, -0.25) is 4.79 Å². The molecule has 1 saturated heterocycles. The molecule has 0 aromatic heterocycles. The minimum absolute atomic E-state index is 0.226. The second kappa shape index (κ2) is 5.35. The summed E-state index contributed by atoms with van der Waals surface area (Å²) in [5, 5.41) is 0. The van der Waals surface area contributed by atoms with Crippen molar-refractivity contribution >= 4 is 11.5 Å². The summed E-state index contributed by atoms with van der Waals surface area (Å²) in [6.07, 6.45) is 3.19. The van der Waals surface area contributed by atoms with Crippen molar-refractivity contribution in [3.05, 3.63) is 29.8 Å². The molecule has 2 heteroatoms. The molecule has 0 bridgehead atoms. The average molecular weight is 231 g/mol. The molecular weight excluding hydrogens is 210 g/mol. The number of benzene rings is 1. The van der Waals surface area contributed by atoms with Gasteiger partial charge in [-0.15, -0.1) is 0 Å². The minimum Gasteiger partial charge on any atom is -0.371 e. The van der Waals surface area contributed by atoms with Gasteiger partial charge in [0.05, 0.1) is 0 Å². The molecule has 2 rings (SSSR count). The van der Waals surface area contributed by atoms with Crippen LogP contribution < -0.4 is 4.90 Å². The molecule has 92 valence electrons. The molecule has 0 spiro atoms. The van der Waals surface area contributed by atoms with E-state index in [2.05, 4.69) is 24.0 Å². The predicted octanol–water partition coefficient (Wildman–Crippen LogP) is 3.52. The van der Waals surface area contributed by atoms with E-state index in [1.165, 1.54) is 18.5 Å². The predicted molar refractivity (Wildman–Crippen MR) is 71.7 cm³/mol. The highest BCUT2D eigenvalue weighted by molar-refractivity contribution is 5.96. The van der Waals surface area contributed by atoms with Crippen LogP contribution in [0.5, 0.6) is 0 Å². The Balaban J connectivity index is 2.09. The number of rotatable bonds is 3. The van der Waals surface area contributed by atoms with E-state index in [-0.39, 0.29) is 5.78 Å². The molecule has 1 aromatic rings. The first-order chi connectivity index (χ1) is 8.20. The third-order valence-electron chi connectivity index (χ3n) is 3.53. The Labute approximate surface area is 104 Å². The van der Waals surface area contributed by atoms with E-state index in [1.54, 1.807) is 0 Å². The smallest absolute Gasteiger partial charge is 0.162 e. The highest BCUT2D eigenvalue weighted by atomic mass is 16.1. The summed E-state index contributed by atoms with van der Waals surface area (Å²) in [4.78, 5) is 14.0. The summed E-state index contributed by atoms with van der Waals surface area (Å²) < 4.78 is 0. The first kappa shape index (κ1) is 12.2. The Morgan fingerprint density at radius 1 is 1.35 bits per heavy atom. The molecule has 17 heavy (non-hydrogen) atoms. The van der Waals surface area contributed by atoms with E-state index in [0.717, 1.165) is 24.6 Å². The maximum absolute atomic E-state index is 11.5. The Hall–Kier alpha value is -1.31. The maximum Gasteiger partial charge on any atom is 0.162 e. The molecule has 1 fully saturated rings. The molecule has 1 aliphatic rings. The summed E-state index contributed by atoms with van der Waals surface area (Å²) in [7, 11) is 0. The summed E-state index contributed by atoms with van der Waals surface area (Å²) in [6.45, 7) is 6.50. The fourth-order valence-electron chi connectivity index (χ4n) is 2.49. The van der Waals surface area contributed by atoms with E-state index < -0.39 is 0 Å². The number of anilines is 1. The molecule has 0 saturated carbocycles. The second-order valence-corrected chi connectivity index (χ2v) is 5.02. The quantitative estimate of drug-likeness (QED) is 0.742. The Morgan fingerprint density at radius 2 is 2.06 bits per heavy atom. The lowest BCUT2D eigenvalue weighted by atomic mass is 9.99. The standard InChI is InChI=1S/C15H21NO/c1-3-15(17)13-6-8-14(9-7-13)16-10-4-5-12(2)11-16/h6-9,12H,3-5,10-11H2,1-2H3/t12-/m1/s1. The lowest BCUT2D eigenvalue weighted by Crippen LogP contribution is -2.34. The zero-order valence-corrected chi connectivity index (χ0v) is 10.8. The number of hydrogen-bond acceptors (Lipinski definition) is 2. The van der Waals surface area contributed by atoms with Gasteiger partial charge in [-0.2, -0.15) is 0 Å². The number of Topliss-reactive ketones (excluding diaryl/α,β-unsaturated/α-hetero) is 1. The van der Waals surface area contributed by atoms with Crippen LogP contribution in [0.2, 0.25) is 0 Å². The van der Waals surface area contributed by atoms with Crippen LogP contribution in [-0.2, 0) is 0 Å². The van der Waals surface area contributed by atoms with Gasteiger partial charge in [-0.1, -0.05) is 13.8 Å². The van der Waals surface area contributed by atoms with Crippen LogP contribution in [0.15, 0.2) is 24.3 Å². The first-order valence-corrected chi connectivity index (χ1v) is 6.59. The number of nitrogens with zero attached hydrogens (tertiary/aromatic N) is 1. The van der Waals surface area contributed by atoms with Crippen molar-refractivity contribution < 1.29 is 4.79 Å². The lowest BCUT2D eigenvalue weighted by Gasteiger charge is -2.32. The number of hydrogen-bond donors (Lipinski definition) is 0. The van der Waals surface area contributed by atoms with Crippen molar-refractivity contribution in [3.8, 4) is 0 Å². The van der Waals surface area contributed by atoms with Gasteiger partial charge in [0, 0.05) is 30.8 Å². The molecule has 2 nitrogen and oxygen atoms in total. The molecule has 1 heterocycles. The van der Waals surface area contributed by atoms with Crippen molar-refractivity contribution in [2.75, 3.05) is 18.0 Å².